The van der Waals surface area contributed by atoms with E-state index < -0.39 is 0 Å². The lowest BCUT2D eigenvalue weighted by Crippen LogP contribution is -2.48. The molecule has 2 amide bonds. The molecule has 4 rings (SSSR count). The second-order valence-corrected chi connectivity index (χ2v) is 10.7. The lowest BCUT2D eigenvalue weighted by Gasteiger charge is -2.36. The fraction of sp³-hybridized carbons (Fsp3) is 0.355. The number of nitrogens with one attached hydrogen (secondary N) is 1. The molecule has 3 aromatic rings. The number of phenolic OH excluding ortho intramolecular Hbond substituents is 1. The highest BCUT2D eigenvalue weighted by atomic mass is 16.3. The van der Waals surface area contributed by atoms with Crippen molar-refractivity contribution in [1.29, 1.82) is 0 Å². The van der Waals surface area contributed by atoms with Gasteiger partial charge in [0.25, 0.3) is 11.8 Å². The first-order chi connectivity index (χ1) is 17.7. The Morgan fingerprint density at radius 1 is 0.865 bits per heavy atom. The third kappa shape index (κ3) is 6.31. The van der Waals surface area contributed by atoms with E-state index in [1.807, 2.05) is 60.4 Å². The summed E-state index contributed by atoms with van der Waals surface area (Å²) in [5.74, 6) is 0.179. The number of aromatic hydroxyl groups is 1. The Hall–Kier alpha value is -3.80. The molecule has 37 heavy (non-hydrogen) atoms. The molecule has 0 bridgehead atoms. The number of phenols is 1. The average Bonchev–Trinajstić information content (AvgIpc) is 2.90. The molecule has 6 nitrogen and oxygen atoms in total. The van der Waals surface area contributed by atoms with Crippen LogP contribution in [0.5, 0.6) is 5.75 Å². The Morgan fingerprint density at radius 2 is 1.57 bits per heavy atom. The van der Waals surface area contributed by atoms with E-state index in [9.17, 15) is 14.7 Å². The van der Waals surface area contributed by atoms with Crippen LogP contribution in [0.15, 0.2) is 66.7 Å². The largest absolute Gasteiger partial charge is 0.508 e. The van der Waals surface area contributed by atoms with Gasteiger partial charge in [0.2, 0.25) is 0 Å². The van der Waals surface area contributed by atoms with E-state index in [4.69, 9.17) is 0 Å². The van der Waals surface area contributed by atoms with Gasteiger partial charge in [-0.25, -0.2) is 0 Å². The van der Waals surface area contributed by atoms with E-state index >= 15 is 0 Å². The highest BCUT2D eigenvalue weighted by molar-refractivity contribution is 5.96. The zero-order chi connectivity index (χ0) is 26.6. The maximum Gasteiger partial charge on any atom is 0.254 e. The fourth-order valence-electron chi connectivity index (χ4n) is 4.55. The number of amides is 2. The third-order valence-electron chi connectivity index (χ3n) is 6.82. The fourth-order valence-corrected chi connectivity index (χ4v) is 4.55. The molecule has 1 saturated heterocycles. The summed E-state index contributed by atoms with van der Waals surface area (Å²) >= 11 is 0. The van der Waals surface area contributed by atoms with Gasteiger partial charge in [0, 0.05) is 49.5 Å². The first-order valence-corrected chi connectivity index (χ1v) is 13.0. The number of anilines is 1. The van der Waals surface area contributed by atoms with Crippen LogP contribution < -0.4 is 10.2 Å². The molecule has 0 radical (unpaired) electrons. The second kappa shape index (κ2) is 11.1. The van der Waals surface area contributed by atoms with E-state index in [2.05, 4.69) is 37.1 Å². The number of hydrogen-bond donors (Lipinski definition) is 2. The molecule has 3 aromatic carbocycles. The van der Waals surface area contributed by atoms with Gasteiger partial charge in [0.15, 0.2) is 0 Å². The van der Waals surface area contributed by atoms with Crippen molar-refractivity contribution in [2.45, 2.75) is 39.5 Å². The summed E-state index contributed by atoms with van der Waals surface area (Å²) in [6.45, 7) is 11.8. The quantitative estimate of drug-likeness (QED) is 0.473. The molecular formula is C31H37N3O3. The van der Waals surface area contributed by atoms with Crippen molar-refractivity contribution in [3.63, 3.8) is 0 Å². The van der Waals surface area contributed by atoms with Crippen LogP contribution in [-0.2, 0) is 5.41 Å². The molecule has 0 unspecified atom stereocenters. The van der Waals surface area contributed by atoms with Crippen LogP contribution in [0, 0.1) is 0 Å². The Balaban J connectivity index is 1.48. The molecule has 0 aromatic heterocycles. The second-order valence-electron chi connectivity index (χ2n) is 10.7. The number of benzene rings is 3. The smallest absolute Gasteiger partial charge is 0.254 e. The highest BCUT2D eigenvalue weighted by Gasteiger charge is 2.25. The van der Waals surface area contributed by atoms with E-state index in [-0.39, 0.29) is 23.0 Å². The van der Waals surface area contributed by atoms with E-state index in [0.29, 0.717) is 30.8 Å². The standard InChI is InChI=1S/C31H37N3O3/c1-5-13-32-29(36)22-9-11-27(12-10-22)33-14-16-34(17-15-33)30(37)25-18-24(19-26(20-25)31(2,3)4)23-7-6-8-28(35)21-23/h6-12,18-21,35H,5,13-17H2,1-4H3,(H,32,36). The maximum absolute atomic E-state index is 13.6. The molecule has 1 aliphatic rings. The van der Waals surface area contributed by atoms with Crippen LogP contribution in [0.2, 0.25) is 0 Å². The summed E-state index contributed by atoms with van der Waals surface area (Å²) in [6.07, 6.45) is 0.907. The monoisotopic (exact) mass is 499 g/mol. The SMILES string of the molecule is CCCNC(=O)c1ccc(N2CCN(C(=O)c3cc(-c4cccc(O)c4)cc(C(C)(C)C)c3)CC2)cc1. The number of carbonyl (C=O) groups excluding carboxylic acids is 2. The van der Waals surface area contributed by atoms with Gasteiger partial charge in [-0.3, -0.25) is 9.59 Å². The molecule has 0 aliphatic carbocycles. The Morgan fingerprint density at radius 3 is 2.19 bits per heavy atom. The number of rotatable bonds is 6. The molecule has 0 spiro atoms. The van der Waals surface area contributed by atoms with Crippen LogP contribution >= 0.6 is 0 Å². The molecular weight excluding hydrogens is 462 g/mol. The van der Waals surface area contributed by atoms with Gasteiger partial charge in [-0.2, -0.15) is 0 Å². The molecule has 0 saturated carbocycles. The first kappa shape index (κ1) is 26.3. The van der Waals surface area contributed by atoms with Crippen molar-refractivity contribution in [2.75, 3.05) is 37.6 Å². The first-order valence-electron chi connectivity index (χ1n) is 13.0. The van der Waals surface area contributed by atoms with Crippen LogP contribution in [0.1, 0.15) is 60.4 Å². The van der Waals surface area contributed by atoms with Gasteiger partial charge in [0.05, 0.1) is 0 Å². The van der Waals surface area contributed by atoms with Gasteiger partial charge >= 0.3 is 0 Å². The van der Waals surface area contributed by atoms with Crippen molar-refractivity contribution in [3.8, 4) is 16.9 Å². The lowest BCUT2D eigenvalue weighted by molar-refractivity contribution is 0.0746. The molecule has 194 valence electrons. The summed E-state index contributed by atoms with van der Waals surface area (Å²) in [5, 5.41) is 12.9. The number of nitrogens with zero attached hydrogens (tertiary/aromatic N) is 2. The van der Waals surface area contributed by atoms with E-state index in [0.717, 1.165) is 41.9 Å². The molecule has 6 heteroatoms. The summed E-state index contributed by atoms with van der Waals surface area (Å²) in [4.78, 5) is 29.9. The zero-order valence-electron chi connectivity index (χ0n) is 22.3. The molecule has 1 aliphatic heterocycles. The number of hydrogen-bond acceptors (Lipinski definition) is 4. The van der Waals surface area contributed by atoms with Crippen molar-refractivity contribution in [3.05, 3.63) is 83.4 Å². The summed E-state index contributed by atoms with van der Waals surface area (Å²) in [6, 6.07) is 20.9. The Bertz CT molecular complexity index is 1250. The minimum atomic E-state index is -0.125. The topological polar surface area (TPSA) is 72.9 Å². The predicted octanol–water partition coefficient (Wildman–Crippen LogP) is 5.46. The van der Waals surface area contributed by atoms with Crippen molar-refractivity contribution < 1.29 is 14.7 Å². The van der Waals surface area contributed by atoms with Gasteiger partial charge in [-0.15, -0.1) is 0 Å². The maximum atomic E-state index is 13.6. The molecule has 1 heterocycles. The van der Waals surface area contributed by atoms with Crippen LogP contribution in [-0.4, -0.2) is 54.5 Å². The Kier molecular flexibility index (Phi) is 7.86. The Labute approximate surface area is 219 Å². The predicted molar refractivity (Wildman–Crippen MR) is 149 cm³/mol. The van der Waals surface area contributed by atoms with Gasteiger partial charge in [-0.1, -0.05) is 45.9 Å². The van der Waals surface area contributed by atoms with Crippen molar-refractivity contribution >= 4 is 17.5 Å². The van der Waals surface area contributed by atoms with Crippen molar-refractivity contribution in [2.24, 2.45) is 0 Å². The summed E-state index contributed by atoms with van der Waals surface area (Å²) in [5.41, 5.74) is 5.15. The normalized spacial score (nSPS) is 13.9. The van der Waals surface area contributed by atoms with E-state index in [1.54, 1.807) is 12.1 Å². The lowest BCUT2D eigenvalue weighted by atomic mass is 9.84. The molecule has 2 N–H and O–H groups in total. The van der Waals surface area contributed by atoms with E-state index in [1.165, 1.54) is 0 Å². The van der Waals surface area contributed by atoms with Gasteiger partial charge in [-0.05, 0) is 77.1 Å². The highest BCUT2D eigenvalue weighted by Crippen LogP contribution is 2.31. The third-order valence-corrected chi connectivity index (χ3v) is 6.82. The molecule has 1 fully saturated rings. The average molecular weight is 500 g/mol. The minimum Gasteiger partial charge on any atom is -0.508 e. The van der Waals surface area contributed by atoms with Crippen LogP contribution in [0.4, 0.5) is 5.69 Å². The number of piperazine rings is 1. The molecule has 0 atom stereocenters. The summed E-state index contributed by atoms with van der Waals surface area (Å²) < 4.78 is 0. The van der Waals surface area contributed by atoms with Crippen molar-refractivity contribution in [1.82, 2.24) is 10.2 Å². The van der Waals surface area contributed by atoms with Crippen LogP contribution in [0.25, 0.3) is 11.1 Å². The van der Waals surface area contributed by atoms with Crippen LogP contribution in [0.3, 0.4) is 0 Å². The summed E-state index contributed by atoms with van der Waals surface area (Å²) in [7, 11) is 0. The minimum absolute atomic E-state index is 0.0232. The zero-order valence-corrected chi connectivity index (χ0v) is 22.3. The van der Waals surface area contributed by atoms with Gasteiger partial charge in [0.1, 0.15) is 5.75 Å². The number of carbonyl (C=O) groups is 2. The van der Waals surface area contributed by atoms with Gasteiger partial charge < -0.3 is 20.2 Å².